The number of carbonyl (C=O) groups excluding carboxylic acids is 1. The number of amides is 1. The van der Waals surface area contributed by atoms with E-state index in [1.54, 1.807) is 6.20 Å². The van der Waals surface area contributed by atoms with Gasteiger partial charge in [-0.2, -0.15) is 5.10 Å². The van der Waals surface area contributed by atoms with Crippen molar-refractivity contribution in [1.82, 2.24) is 24.4 Å². The highest BCUT2D eigenvalue weighted by atomic mass is 32.2. The summed E-state index contributed by atoms with van der Waals surface area (Å²) in [5, 5.41) is 5.26. The van der Waals surface area contributed by atoms with Crippen LogP contribution in [0, 0.1) is 12.8 Å². The van der Waals surface area contributed by atoms with Crippen molar-refractivity contribution in [3.63, 3.8) is 0 Å². The zero-order valence-corrected chi connectivity index (χ0v) is 20.4. The fraction of sp³-hybridized carbons (Fsp3) is 0.458. The van der Waals surface area contributed by atoms with Crippen molar-refractivity contribution in [1.29, 1.82) is 0 Å². The van der Waals surface area contributed by atoms with Crippen molar-refractivity contribution in [3.8, 4) is 11.3 Å². The summed E-state index contributed by atoms with van der Waals surface area (Å²) in [6.45, 7) is 7.62. The first-order valence-electron chi connectivity index (χ1n) is 11.3. The topological polar surface area (TPSA) is 97.2 Å². The van der Waals surface area contributed by atoms with Crippen LogP contribution in [0.3, 0.4) is 0 Å². The fourth-order valence-corrected chi connectivity index (χ4v) is 4.97. The molecule has 0 bridgehead atoms. The van der Waals surface area contributed by atoms with E-state index in [2.05, 4.69) is 9.82 Å². The maximum Gasteiger partial charge on any atom is 0.254 e. The van der Waals surface area contributed by atoms with E-state index in [0.29, 0.717) is 30.8 Å². The van der Waals surface area contributed by atoms with E-state index in [1.807, 2.05) is 60.7 Å². The van der Waals surface area contributed by atoms with Crippen LogP contribution in [0.1, 0.15) is 48.7 Å². The van der Waals surface area contributed by atoms with Crippen molar-refractivity contribution in [2.45, 2.75) is 39.7 Å². The molecule has 3 aromatic rings. The van der Waals surface area contributed by atoms with Gasteiger partial charge in [0.05, 0.1) is 29.1 Å². The normalized spacial score (nSPS) is 17.1. The smallest absolute Gasteiger partial charge is 0.254 e. The molecule has 4 rings (SSSR count). The number of aryl methyl sites for hydroxylation is 1. The standard InChI is InChI=1S/C24H31N5O3S/c1-16(2)29-23-21(14-25-29)20(12-22(27-23)19-10-6-5-8-17(19)3)24(30)28-11-7-9-18(15-28)13-26-33(4,31)32/h5-6,8,10,12,14,16,18,26H,7,9,11,13,15H2,1-4H3. The molecule has 0 saturated carbocycles. The van der Waals surface area contributed by atoms with Crippen LogP contribution in [0.15, 0.2) is 36.5 Å². The molecule has 1 saturated heterocycles. The Morgan fingerprint density at radius 1 is 1.27 bits per heavy atom. The molecular weight excluding hydrogens is 438 g/mol. The number of hydrogen-bond acceptors (Lipinski definition) is 5. The Kier molecular flexibility index (Phi) is 6.54. The second-order valence-electron chi connectivity index (χ2n) is 9.17. The Bertz CT molecular complexity index is 1280. The molecule has 1 unspecified atom stereocenters. The molecule has 9 heteroatoms. The lowest BCUT2D eigenvalue weighted by Crippen LogP contribution is -2.43. The first-order valence-corrected chi connectivity index (χ1v) is 13.2. The Balaban J connectivity index is 1.73. The minimum Gasteiger partial charge on any atom is -0.338 e. The summed E-state index contributed by atoms with van der Waals surface area (Å²) in [6, 6.07) is 9.98. The summed E-state index contributed by atoms with van der Waals surface area (Å²) in [5.74, 6) is 0.0218. The lowest BCUT2D eigenvalue weighted by molar-refractivity contribution is 0.0678. The molecule has 0 radical (unpaired) electrons. The van der Waals surface area contributed by atoms with Crippen molar-refractivity contribution < 1.29 is 13.2 Å². The summed E-state index contributed by atoms with van der Waals surface area (Å²) in [5.41, 5.74) is 4.10. The van der Waals surface area contributed by atoms with Crippen molar-refractivity contribution in [2.75, 3.05) is 25.9 Å². The van der Waals surface area contributed by atoms with Crippen molar-refractivity contribution in [2.24, 2.45) is 5.92 Å². The number of carbonyl (C=O) groups is 1. The molecule has 1 aromatic carbocycles. The van der Waals surface area contributed by atoms with Gasteiger partial charge in [0.15, 0.2) is 5.65 Å². The predicted octanol–water partition coefficient (Wildman–Crippen LogP) is 3.39. The molecule has 1 N–H and O–H groups in total. The second-order valence-corrected chi connectivity index (χ2v) is 11.0. The van der Waals surface area contributed by atoms with Gasteiger partial charge >= 0.3 is 0 Å². The number of pyridine rings is 1. The number of nitrogens with zero attached hydrogens (tertiary/aromatic N) is 4. The highest BCUT2D eigenvalue weighted by Crippen LogP contribution is 2.30. The van der Waals surface area contributed by atoms with Crippen LogP contribution >= 0.6 is 0 Å². The average Bonchev–Trinajstić information content (AvgIpc) is 3.21. The van der Waals surface area contributed by atoms with E-state index in [9.17, 15) is 13.2 Å². The SMILES string of the molecule is Cc1ccccc1-c1cc(C(=O)N2CCCC(CNS(C)(=O)=O)C2)c2cnn(C(C)C)c2n1. The van der Waals surface area contributed by atoms with Crippen LogP contribution in [-0.4, -0.2) is 59.9 Å². The minimum absolute atomic E-state index is 0.0652. The van der Waals surface area contributed by atoms with Crippen LogP contribution < -0.4 is 4.72 Å². The zero-order valence-electron chi connectivity index (χ0n) is 19.6. The largest absolute Gasteiger partial charge is 0.338 e. The van der Waals surface area contributed by atoms with Gasteiger partial charge in [-0.1, -0.05) is 24.3 Å². The molecular formula is C24H31N5O3S. The Labute approximate surface area is 195 Å². The lowest BCUT2D eigenvalue weighted by atomic mass is 9.97. The monoisotopic (exact) mass is 469 g/mol. The average molecular weight is 470 g/mol. The number of fused-ring (bicyclic) bond motifs is 1. The van der Waals surface area contributed by atoms with Crippen LogP contribution in [0.25, 0.3) is 22.3 Å². The molecule has 1 aliphatic heterocycles. The van der Waals surface area contributed by atoms with Crippen molar-refractivity contribution in [3.05, 3.63) is 47.7 Å². The first kappa shape index (κ1) is 23.4. The number of sulfonamides is 1. The summed E-state index contributed by atoms with van der Waals surface area (Å²) in [6.07, 6.45) is 4.61. The molecule has 8 nitrogen and oxygen atoms in total. The molecule has 1 aliphatic rings. The maximum atomic E-state index is 13.7. The van der Waals surface area contributed by atoms with Gasteiger partial charge in [-0.05, 0) is 51.2 Å². The van der Waals surface area contributed by atoms with Crippen LogP contribution in [-0.2, 0) is 10.0 Å². The third-order valence-electron chi connectivity index (χ3n) is 6.15. The van der Waals surface area contributed by atoms with Gasteiger partial charge < -0.3 is 4.90 Å². The highest BCUT2D eigenvalue weighted by Gasteiger charge is 2.28. The molecule has 3 heterocycles. The van der Waals surface area contributed by atoms with Gasteiger partial charge in [-0.3, -0.25) is 4.79 Å². The molecule has 1 atom stereocenters. The third-order valence-corrected chi connectivity index (χ3v) is 6.84. The van der Waals surface area contributed by atoms with Gasteiger partial charge in [-0.25, -0.2) is 22.8 Å². The number of piperidine rings is 1. The first-order chi connectivity index (χ1) is 15.6. The second kappa shape index (κ2) is 9.23. The molecule has 2 aromatic heterocycles. The quantitative estimate of drug-likeness (QED) is 0.597. The molecule has 0 spiro atoms. The van der Waals surface area contributed by atoms with E-state index in [1.165, 1.54) is 0 Å². The van der Waals surface area contributed by atoms with E-state index in [-0.39, 0.29) is 17.9 Å². The Morgan fingerprint density at radius 3 is 2.73 bits per heavy atom. The van der Waals surface area contributed by atoms with Crippen molar-refractivity contribution >= 4 is 27.0 Å². The highest BCUT2D eigenvalue weighted by molar-refractivity contribution is 7.88. The maximum absolute atomic E-state index is 13.7. The van der Waals surface area contributed by atoms with Crippen LogP contribution in [0.2, 0.25) is 0 Å². The summed E-state index contributed by atoms with van der Waals surface area (Å²) < 4.78 is 27.4. The van der Waals surface area contributed by atoms with E-state index < -0.39 is 10.0 Å². The predicted molar refractivity (Wildman–Crippen MR) is 130 cm³/mol. The number of aromatic nitrogens is 3. The summed E-state index contributed by atoms with van der Waals surface area (Å²) in [4.78, 5) is 20.5. The van der Waals surface area contributed by atoms with E-state index in [4.69, 9.17) is 4.98 Å². The minimum atomic E-state index is -3.26. The lowest BCUT2D eigenvalue weighted by Gasteiger charge is -2.33. The molecule has 0 aliphatic carbocycles. The summed E-state index contributed by atoms with van der Waals surface area (Å²) in [7, 11) is -3.26. The van der Waals surface area contributed by atoms with E-state index in [0.717, 1.165) is 41.3 Å². The van der Waals surface area contributed by atoms with Crippen LogP contribution in [0.4, 0.5) is 0 Å². The number of hydrogen-bond donors (Lipinski definition) is 1. The van der Waals surface area contributed by atoms with E-state index >= 15 is 0 Å². The van der Waals surface area contributed by atoms with Gasteiger partial charge in [0, 0.05) is 31.2 Å². The van der Waals surface area contributed by atoms with Gasteiger partial charge in [0.1, 0.15) is 0 Å². The number of likely N-dealkylation sites (tertiary alicyclic amines) is 1. The number of nitrogens with one attached hydrogen (secondary N) is 1. The Morgan fingerprint density at radius 2 is 2.03 bits per heavy atom. The molecule has 176 valence electrons. The fourth-order valence-electron chi connectivity index (χ4n) is 4.43. The Hall–Kier alpha value is -2.78. The molecule has 1 amide bonds. The van der Waals surface area contributed by atoms with Crippen LogP contribution in [0.5, 0.6) is 0 Å². The van der Waals surface area contributed by atoms with Gasteiger partial charge in [-0.15, -0.1) is 0 Å². The summed E-state index contributed by atoms with van der Waals surface area (Å²) >= 11 is 0. The van der Waals surface area contributed by atoms with Gasteiger partial charge in [0.25, 0.3) is 5.91 Å². The number of benzene rings is 1. The third kappa shape index (κ3) is 5.09. The molecule has 33 heavy (non-hydrogen) atoms. The van der Waals surface area contributed by atoms with Gasteiger partial charge in [0.2, 0.25) is 10.0 Å². The zero-order chi connectivity index (χ0) is 23.8. The molecule has 1 fully saturated rings. The number of rotatable bonds is 6.